The van der Waals surface area contributed by atoms with Gasteiger partial charge in [0, 0.05) is 0 Å². The molecule has 0 fully saturated rings. The summed E-state index contributed by atoms with van der Waals surface area (Å²) in [5.41, 5.74) is 0. The van der Waals surface area contributed by atoms with Gasteiger partial charge in [-0.05, 0) is 13.8 Å². The monoisotopic (exact) mass is 238 g/mol. The summed E-state index contributed by atoms with van der Waals surface area (Å²) < 4.78 is 9.07. The van der Waals surface area contributed by atoms with Crippen LogP contribution in [0.5, 0.6) is 0 Å². The first-order valence-corrected chi connectivity index (χ1v) is 4.33. The molecule has 0 N–H and O–H groups in total. The highest BCUT2D eigenvalue weighted by Gasteiger charge is 2.20. The topological polar surface area (TPSA) is 52.6 Å². The second-order valence-electron chi connectivity index (χ2n) is 2.22. The molecule has 5 heteroatoms. The van der Waals surface area contributed by atoms with Crippen molar-refractivity contribution in [3.63, 3.8) is 0 Å². The van der Waals surface area contributed by atoms with Crippen LogP contribution in [0.25, 0.3) is 0 Å². The summed E-state index contributed by atoms with van der Waals surface area (Å²) >= 11 is 3.01. The van der Waals surface area contributed by atoms with Gasteiger partial charge in [-0.25, -0.2) is 4.79 Å². The summed E-state index contributed by atoms with van der Waals surface area (Å²) in [6, 6.07) is 0. The molecule has 0 aliphatic carbocycles. The van der Waals surface area contributed by atoms with Gasteiger partial charge in [0.25, 0.3) is 0 Å². The molecule has 2 atom stereocenters. The highest BCUT2D eigenvalue weighted by molar-refractivity contribution is 9.10. The highest BCUT2D eigenvalue weighted by Crippen LogP contribution is 2.03. The smallest absolute Gasteiger partial charge is 0.346 e. The van der Waals surface area contributed by atoms with Crippen LogP contribution in [-0.2, 0) is 19.1 Å². The molecular formula is C7H11BrO4. The van der Waals surface area contributed by atoms with Gasteiger partial charge in [-0.1, -0.05) is 15.9 Å². The first kappa shape index (κ1) is 11.4. The fourth-order valence-electron chi connectivity index (χ4n) is 0.482. The van der Waals surface area contributed by atoms with Gasteiger partial charge in [0.2, 0.25) is 0 Å². The molecule has 0 aliphatic rings. The summed E-state index contributed by atoms with van der Waals surface area (Å²) in [6.07, 6.45) is -0.845. The average Bonchev–Trinajstić information content (AvgIpc) is 2.02. The lowest BCUT2D eigenvalue weighted by atomic mass is 10.4. The van der Waals surface area contributed by atoms with Crippen LogP contribution in [0.3, 0.4) is 0 Å². The third kappa shape index (κ3) is 3.71. The van der Waals surface area contributed by atoms with Gasteiger partial charge in [-0.15, -0.1) is 0 Å². The van der Waals surface area contributed by atoms with Crippen molar-refractivity contribution in [3.8, 4) is 0 Å². The Hall–Kier alpha value is -0.580. The number of ether oxygens (including phenoxy) is 2. The Morgan fingerprint density at radius 3 is 2.08 bits per heavy atom. The molecule has 1 unspecified atom stereocenters. The van der Waals surface area contributed by atoms with Gasteiger partial charge in [0.1, 0.15) is 4.83 Å². The Morgan fingerprint density at radius 2 is 1.75 bits per heavy atom. The first-order valence-electron chi connectivity index (χ1n) is 3.41. The maximum atomic E-state index is 10.9. The summed E-state index contributed by atoms with van der Waals surface area (Å²) in [4.78, 5) is 21.2. The summed E-state index contributed by atoms with van der Waals surface area (Å²) in [5, 5.41) is 0. The molecule has 4 nitrogen and oxygen atoms in total. The standard InChI is InChI=1S/C7H11BrO4/c1-4(8)6(9)12-5(2)7(10)11-3/h4-5H,1-3H3/t4?,5-/m0/s1. The van der Waals surface area contributed by atoms with Gasteiger partial charge < -0.3 is 9.47 Å². The predicted molar refractivity (Wildman–Crippen MR) is 46.0 cm³/mol. The number of hydrogen-bond donors (Lipinski definition) is 0. The molecule has 0 saturated carbocycles. The zero-order valence-corrected chi connectivity index (χ0v) is 8.75. The number of hydrogen-bond acceptors (Lipinski definition) is 4. The Kier molecular flexibility index (Phi) is 4.89. The van der Waals surface area contributed by atoms with Crippen LogP contribution in [-0.4, -0.2) is 30.0 Å². The molecule has 70 valence electrons. The molecule has 0 spiro atoms. The van der Waals surface area contributed by atoms with E-state index in [1.165, 1.54) is 14.0 Å². The zero-order chi connectivity index (χ0) is 9.72. The van der Waals surface area contributed by atoms with E-state index in [2.05, 4.69) is 20.7 Å². The molecule has 0 amide bonds. The lowest BCUT2D eigenvalue weighted by Crippen LogP contribution is -2.28. The Balaban J connectivity index is 3.92. The molecule has 0 aliphatic heterocycles. The molecule has 0 bridgehead atoms. The summed E-state index contributed by atoms with van der Waals surface area (Å²) in [6.45, 7) is 3.07. The minimum atomic E-state index is -0.845. The van der Waals surface area contributed by atoms with E-state index < -0.39 is 22.9 Å². The number of carbonyl (C=O) groups excluding carboxylic acids is 2. The molecule has 0 aromatic rings. The van der Waals surface area contributed by atoms with Crippen LogP contribution < -0.4 is 0 Å². The van der Waals surface area contributed by atoms with Gasteiger partial charge in [-0.3, -0.25) is 4.79 Å². The lowest BCUT2D eigenvalue weighted by Gasteiger charge is -2.11. The Bertz CT molecular complexity index is 178. The fourth-order valence-corrected chi connectivity index (χ4v) is 0.590. The molecule has 0 saturated heterocycles. The average molecular weight is 239 g/mol. The number of halogens is 1. The third-order valence-corrected chi connectivity index (χ3v) is 1.52. The van der Waals surface area contributed by atoms with Crippen molar-refractivity contribution in [3.05, 3.63) is 0 Å². The minimum Gasteiger partial charge on any atom is -0.466 e. The molecule has 0 heterocycles. The van der Waals surface area contributed by atoms with E-state index in [4.69, 9.17) is 4.74 Å². The van der Waals surface area contributed by atoms with Crippen molar-refractivity contribution >= 4 is 27.9 Å². The summed E-state index contributed by atoms with van der Waals surface area (Å²) in [7, 11) is 1.24. The van der Waals surface area contributed by atoms with E-state index >= 15 is 0 Å². The Morgan fingerprint density at radius 1 is 1.25 bits per heavy atom. The predicted octanol–water partition coefficient (Wildman–Crippen LogP) is 0.874. The number of esters is 2. The second-order valence-corrected chi connectivity index (χ2v) is 3.59. The number of methoxy groups -OCH3 is 1. The highest BCUT2D eigenvalue weighted by atomic mass is 79.9. The van der Waals surface area contributed by atoms with Crippen molar-refractivity contribution in [1.29, 1.82) is 0 Å². The first-order chi connectivity index (χ1) is 5.49. The van der Waals surface area contributed by atoms with E-state index in [1.807, 2.05) is 0 Å². The largest absolute Gasteiger partial charge is 0.466 e. The van der Waals surface area contributed by atoms with Crippen molar-refractivity contribution < 1.29 is 19.1 Å². The Labute approximate surface area is 79.3 Å². The maximum Gasteiger partial charge on any atom is 0.346 e. The molecule has 0 rings (SSSR count). The summed E-state index contributed by atoms with van der Waals surface area (Å²) in [5.74, 6) is -1.04. The zero-order valence-electron chi connectivity index (χ0n) is 7.17. The van der Waals surface area contributed by atoms with Gasteiger partial charge in [0.15, 0.2) is 6.10 Å². The van der Waals surface area contributed by atoms with E-state index in [1.54, 1.807) is 6.92 Å². The molecule has 0 radical (unpaired) electrons. The van der Waals surface area contributed by atoms with Crippen LogP contribution in [0, 0.1) is 0 Å². The van der Waals surface area contributed by atoms with Gasteiger partial charge in [-0.2, -0.15) is 0 Å². The van der Waals surface area contributed by atoms with Crippen LogP contribution in [0.4, 0.5) is 0 Å². The number of carbonyl (C=O) groups is 2. The van der Waals surface area contributed by atoms with Crippen LogP contribution in [0.2, 0.25) is 0 Å². The fraction of sp³-hybridized carbons (Fsp3) is 0.714. The third-order valence-electron chi connectivity index (χ3n) is 1.15. The van der Waals surface area contributed by atoms with Crippen LogP contribution in [0.15, 0.2) is 0 Å². The quantitative estimate of drug-likeness (QED) is 0.541. The second kappa shape index (κ2) is 5.13. The number of rotatable bonds is 3. The van der Waals surface area contributed by atoms with E-state index in [9.17, 15) is 9.59 Å². The van der Waals surface area contributed by atoms with Crippen molar-refractivity contribution in [2.24, 2.45) is 0 Å². The molecule has 0 aromatic carbocycles. The van der Waals surface area contributed by atoms with Gasteiger partial charge >= 0.3 is 11.9 Å². The maximum absolute atomic E-state index is 10.9. The molecule has 0 aromatic heterocycles. The number of alkyl halides is 1. The van der Waals surface area contributed by atoms with Crippen molar-refractivity contribution in [1.82, 2.24) is 0 Å². The van der Waals surface area contributed by atoms with Crippen LogP contribution >= 0.6 is 15.9 Å². The van der Waals surface area contributed by atoms with Crippen molar-refractivity contribution in [2.75, 3.05) is 7.11 Å². The van der Waals surface area contributed by atoms with E-state index in [0.29, 0.717) is 0 Å². The van der Waals surface area contributed by atoms with E-state index in [0.717, 1.165) is 0 Å². The van der Waals surface area contributed by atoms with Crippen molar-refractivity contribution in [2.45, 2.75) is 24.8 Å². The van der Waals surface area contributed by atoms with E-state index in [-0.39, 0.29) is 0 Å². The molecular weight excluding hydrogens is 228 g/mol. The normalized spacial score (nSPS) is 14.7. The van der Waals surface area contributed by atoms with Gasteiger partial charge in [0.05, 0.1) is 7.11 Å². The minimum absolute atomic E-state index is 0.412. The molecule has 12 heavy (non-hydrogen) atoms. The SMILES string of the molecule is COC(=O)[C@H](C)OC(=O)C(C)Br. The lowest BCUT2D eigenvalue weighted by molar-refractivity contribution is -0.164. The van der Waals surface area contributed by atoms with Crippen LogP contribution in [0.1, 0.15) is 13.8 Å².